The summed E-state index contributed by atoms with van der Waals surface area (Å²) in [6, 6.07) is 0. The van der Waals surface area contributed by atoms with Crippen molar-refractivity contribution >= 4 is 27.8 Å². The van der Waals surface area contributed by atoms with Crippen molar-refractivity contribution in [3.05, 3.63) is 11.8 Å². The van der Waals surface area contributed by atoms with Crippen LogP contribution in [0.3, 0.4) is 0 Å². The van der Waals surface area contributed by atoms with Crippen LogP contribution in [-0.4, -0.2) is 34.8 Å². The zero-order valence-corrected chi connectivity index (χ0v) is 10.4. The molecule has 1 saturated heterocycles. The van der Waals surface area contributed by atoms with Gasteiger partial charge in [0, 0.05) is 29.6 Å². The topological polar surface area (TPSA) is 46.6 Å². The lowest BCUT2D eigenvalue weighted by molar-refractivity contribution is -0.137. The predicted molar refractivity (Wildman–Crippen MR) is 59.4 cm³/mol. The number of hydrogen-bond donors (Lipinski definition) is 0. The minimum Gasteiger partial charge on any atom is -0.463 e. The first-order valence-corrected chi connectivity index (χ1v) is 5.75. The third-order valence-corrected chi connectivity index (χ3v) is 2.73. The minimum atomic E-state index is -0.402. The Morgan fingerprint density at radius 3 is 2.87 bits per heavy atom. The third kappa shape index (κ3) is 3.34. The van der Waals surface area contributed by atoms with Crippen LogP contribution in [0.1, 0.15) is 20.3 Å². The molecule has 0 N–H and O–H groups in total. The molecule has 4 nitrogen and oxygen atoms in total. The zero-order chi connectivity index (χ0) is 11.4. The monoisotopic (exact) mass is 275 g/mol. The fraction of sp³-hybridized carbons (Fsp3) is 0.600. The largest absolute Gasteiger partial charge is 0.463 e. The lowest BCUT2D eigenvalue weighted by atomic mass is 10.4. The first kappa shape index (κ1) is 12.2. The highest BCUT2D eigenvalue weighted by Gasteiger charge is 2.28. The number of carbonyl (C=O) groups excluding carboxylic acids is 2. The van der Waals surface area contributed by atoms with E-state index >= 15 is 0 Å². The molecule has 0 bridgehead atoms. The summed E-state index contributed by atoms with van der Waals surface area (Å²) in [6.07, 6.45) is 1.83. The highest BCUT2D eigenvalue weighted by atomic mass is 79.9. The normalized spacial score (nSPS) is 22.1. The maximum absolute atomic E-state index is 11.5. The van der Waals surface area contributed by atoms with Crippen LogP contribution < -0.4 is 0 Å². The van der Waals surface area contributed by atoms with E-state index in [1.165, 1.54) is 6.08 Å². The van der Waals surface area contributed by atoms with Crippen molar-refractivity contribution in [1.29, 1.82) is 0 Å². The van der Waals surface area contributed by atoms with E-state index in [0.29, 0.717) is 25.3 Å². The van der Waals surface area contributed by atoms with E-state index in [9.17, 15) is 9.59 Å². The van der Waals surface area contributed by atoms with Gasteiger partial charge in [-0.25, -0.2) is 4.79 Å². The van der Waals surface area contributed by atoms with Crippen molar-refractivity contribution in [2.45, 2.75) is 25.1 Å². The van der Waals surface area contributed by atoms with Gasteiger partial charge in [0.15, 0.2) is 0 Å². The van der Waals surface area contributed by atoms with Gasteiger partial charge in [-0.2, -0.15) is 0 Å². The highest BCUT2D eigenvalue weighted by Crippen LogP contribution is 2.21. The Labute approximate surface area is 97.4 Å². The first-order chi connectivity index (χ1) is 7.04. The summed E-state index contributed by atoms with van der Waals surface area (Å²) in [6.45, 7) is 4.44. The molecule has 0 saturated carbocycles. The molecule has 0 radical (unpaired) electrons. The van der Waals surface area contributed by atoms with Crippen molar-refractivity contribution < 1.29 is 14.3 Å². The van der Waals surface area contributed by atoms with Crippen LogP contribution >= 0.6 is 15.9 Å². The van der Waals surface area contributed by atoms with Gasteiger partial charge in [-0.15, -0.1) is 0 Å². The lowest BCUT2D eigenvalue weighted by Crippen LogP contribution is -2.24. The van der Waals surface area contributed by atoms with Gasteiger partial charge in [-0.3, -0.25) is 4.79 Å². The summed E-state index contributed by atoms with van der Waals surface area (Å²) >= 11 is 3.38. The standard InChI is InChI=1S/C10H14BrNO3/c1-3-15-10(14)4-7(2)12-6-8(11)5-9(12)13/h4,8H,3,5-6H2,1-2H3. The summed E-state index contributed by atoms with van der Waals surface area (Å²) < 4.78 is 4.77. The Balaban J connectivity index is 2.63. The molecule has 0 aromatic heterocycles. The van der Waals surface area contributed by atoms with Crippen LogP contribution in [0.4, 0.5) is 0 Å². The quantitative estimate of drug-likeness (QED) is 0.445. The molecular weight excluding hydrogens is 262 g/mol. The molecular formula is C10H14BrNO3. The Kier molecular flexibility index (Phi) is 4.32. The van der Waals surface area contributed by atoms with E-state index < -0.39 is 5.97 Å². The predicted octanol–water partition coefficient (Wildman–Crippen LogP) is 1.45. The Bertz CT molecular complexity index is 301. The molecule has 1 aliphatic rings. The second-order valence-electron chi connectivity index (χ2n) is 3.34. The number of rotatable bonds is 3. The maximum Gasteiger partial charge on any atom is 0.332 e. The molecule has 1 unspecified atom stereocenters. The van der Waals surface area contributed by atoms with E-state index in [-0.39, 0.29) is 10.7 Å². The van der Waals surface area contributed by atoms with Crippen LogP contribution in [0.5, 0.6) is 0 Å². The van der Waals surface area contributed by atoms with E-state index in [1.54, 1.807) is 18.7 Å². The van der Waals surface area contributed by atoms with Crippen LogP contribution in [0, 0.1) is 0 Å². The lowest BCUT2D eigenvalue weighted by Gasteiger charge is -2.15. The highest BCUT2D eigenvalue weighted by molar-refractivity contribution is 9.09. The van der Waals surface area contributed by atoms with Gasteiger partial charge >= 0.3 is 5.97 Å². The number of amides is 1. The molecule has 0 spiro atoms. The molecule has 1 atom stereocenters. The van der Waals surface area contributed by atoms with Crippen LogP contribution in [-0.2, 0) is 14.3 Å². The number of ether oxygens (including phenoxy) is 1. The summed E-state index contributed by atoms with van der Waals surface area (Å²) in [7, 11) is 0. The Morgan fingerprint density at radius 2 is 2.40 bits per heavy atom. The molecule has 1 fully saturated rings. The van der Waals surface area contributed by atoms with Gasteiger partial charge < -0.3 is 9.64 Å². The second kappa shape index (κ2) is 5.30. The number of halogens is 1. The van der Waals surface area contributed by atoms with Crippen LogP contribution in [0.25, 0.3) is 0 Å². The summed E-state index contributed by atoms with van der Waals surface area (Å²) in [5.41, 5.74) is 0.639. The van der Waals surface area contributed by atoms with Gasteiger partial charge in [-0.05, 0) is 13.8 Å². The van der Waals surface area contributed by atoms with E-state index in [1.807, 2.05) is 0 Å². The molecule has 15 heavy (non-hydrogen) atoms. The van der Waals surface area contributed by atoms with Crippen molar-refractivity contribution in [2.75, 3.05) is 13.2 Å². The zero-order valence-electron chi connectivity index (χ0n) is 8.83. The molecule has 0 aliphatic carbocycles. The summed E-state index contributed by atoms with van der Waals surface area (Å²) in [5, 5.41) is 0. The van der Waals surface area contributed by atoms with Crippen LogP contribution in [0.2, 0.25) is 0 Å². The van der Waals surface area contributed by atoms with Gasteiger partial charge in [0.1, 0.15) is 0 Å². The second-order valence-corrected chi connectivity index (χ2v) is 4.64. The average Bonchev–Trinajstić information content (AvgIpc) is 2.45. The number of likely N-dealkylation sites (tertiary alicyclic amines) is 1. The summed E-state index contributed by atoms with van der Waals surface area (Å²) in [5.74, 6) is -0.365. The van der Waals surface area contributed by atoms with Crippen molar-refractivity contribution in [3.63, 3.8) is 0 Å². The number of nitrogens with zero attached hydrogens (tertiary/aromatic N) is 1. The number of carbonyl (C=O) groups is 2. The summed E-state index contributed by atoms with van der Waals surface area (Å²) in [4.78, 5) is 24.4. The molecule has 5 heteroatoms. The maximum atomic E-state index is 11.5. The van der Waals surface area contributed by atoms with Crippen LogP contribution in [0.15, 0.2) is 11.8 Å². The van der Waals surface area contributed by atoms with E-state index in [2.05, 4.69) is 15.9 Å². The van der Waals surface area contributed by atoms with Gasteiger partial charge in [0.25, 0.3) is 0 Å². The molecule has 1 heterocycles. The van der Waals surface area contributed by atoms with Crippen molar-refractivity contribution in [2.24, 2.45) is 0 Å². The first-order valence-electron chi connectivity index (χ1n) is 4.84. The molecule has 1 amide bonds. The van der Waals surface area contributed by atoms with E-state index in [0.717, 1.165) is 0 Å². The number of hydrogen-bond acceptors (Lipinski definition) is 3. The molecule has 84 valence electrons. The molecule has 1 rings (SSSR count). The molecule has 0 aromatic carbocycles. The Morgan fingerprint density at radius 1 is 1.73 bits per heavy atom. The Hall–Kier alpha value is -0.840. The van der Waals surface area contributed by atoms with Crippen molar-refractivity contribution in [1.82, 2.24) is 4.90 Å². The third-order valence-electron chi connectivity index (χ3n) is 2.12. The molecule has 0 aromatic rings. The van der Waals surface area contributed by atoms with Gasteiger partial charge in [0.05, 0.1) is 6.61 Å². The van der Waals surface area contributed by atoms with Gasteiger partial charge in [-0.1, -0.05) is 15.9 Å². The number of alkyl halides is 1. The van der Waals surface area contributed by atoms with Gasteiger partial charge in [0.2, 0.25) is 5.91 Å². The fourth-order valence-electron chi connectivity index (χ4n) is 1.44. The fourth-order valence-corrected chi connectivity index (χ4v) is 2.00. The minimum absolute atomic E-state index is 0.0370. The van der Waals surface area contributed by atoms with Crippen molar-refractivity contribution in [3.8, 4) is 0 Å². The SMILES string of the molecule is CCOC(=O)C=C(C)N1CC(Br)CC1=O. The molecule has 1 aliphatic heterocycles. The smallest absolute Gasteiger partial charge is 0.332 e. The van der Waals surface area contributed by atoms with E-state index in [4.69, 9.17) is 4.74 Å². The number of esters is 1. The average molecular weight is 276 g/mol. The number of allylic oxidation sites excluding steroid dienone is 1.